The first-order chi connectivity index (χ1) is 10.7. The molecule has 0 saturated carbocycles. The van der Waals surface area contributed by atoms with E-state index in [1.165, 1.54) is 0 Å². The van der Waals surface area contributed by atoms with E-state index in [4.69, 9.17) is 9.47 Å². The Kier molecular flexibility index (Phi) is 4.31. The van der Waals surface area contributed by atoms with Gasteiger partial charge in [-0.15, -0.1) is 0 Å². The molecular formula is C16H19N3O3. The number of carbonyl (C=O) groups is 1. The third-order valence-electron chi connectivity index (χ3n) is 4.06. The van der Waals surface area contributed by atoms with E-state index in [2.05, 4.69) is 9.97 Å². The lowest BCUT2D eigenvalue weighted by Crippen LogP contribution is -2.38. The van der Waals surface area contributed by atoms with Crippen molar-refractivity contribution in [3.05, 3.63) is 36.2 Å². The highest BCUT2D eigenvalue weighted by Gasteiger charge is 2.36. The summed E-state index contributed by atoms with van der Waals surface area (Å²) in [5.74, 6) is -0.0484. The van der Waals surface area contributed by atoms with Crippen LogP contribution in [0.5, 0.6) is 0 Å². The van der Waals surface area contributed by atoms with Crippen molar-refractivity contribution in [2.75, 3.05) is 27.4 Å². The molecule has 2 aromatic rings. The van der Waals surface area contributed by atoms with E-state index in [-0.39, 0.29) is 18.1 Å². The lowest BCUT2D eigenvalue weighted by molar-refractivity contribution is 0.0614. The first-order valence-electron chi connectivity index (χ1n) is 7.27. The minimum absolute atomic E-state index is 0.0226. The first-order valence-corrected chi connectivity index (χ1v) is 7.27. The fourth-order valence-corrected chi connectivity index (χ4v) is 2.96. The van der Waals surface area contributed by atoms with Crippen LogP contribution in [-0.4, -0.2) is 60.3 Å². The zero-order chi connectivity index (χ0) is 15.5. The van der Waals surface area contributed by atoms with Crippen LogP contribution in [0.3, 0.4) is 0 Å². The first kappa shape index (κ1) is 14.9. The highest BCUT2D eigenvalue weighted by atomic mass is 16.5. The van der Waals surface area contributed by atoms with Gasteiger partial charge in [-0.25, -0.2) is 0 Å². The van der Waals surface area contributed by atoms with E-state index in [9.17, 15) is 4.79 Å². The molecular weight excluding hydrogens is 282 g/mol. The number of ether oxygens (including phenoxy) is 2. The fraction of sp³-hybridized carbons (Fsp3) is 0.438. The van der Waals surface area contributed by atoms with Crippen molar-refractivity contribution in [2.24, 2.45) is 0 Å². The Morgan fingerprint density at radius 3 is 2.91 bits per heavy atom. The molecule has 1 aliphatic rings. The molecule has 0 spiro atoms. The number of fused-ring (bicyclic) bond motifs is 1. The SMILES string of the molecule is COC[C@@H]1C[C@H](OC)CN1C(=O)c1cccc2nccnc12. The smallest absolute Gasteiger partial charge is 0.256 e. The van der Waals surface area contributed by atoms with Crippen molar-refractivity contribution in [1.29, 1.82) is 0 Å². The quantitative estimate of drug-likeness (QED) is 0.856. The number of para-hydroxylation sites is 1. The Labute approximate surface area is 129 Å². The number of methoxy groups -OCH3 is 2. The molecule has 6 heteroatoms. The minimum atomic E-state index is -0.0484. The van der Waals surface area contributed by atoms with Crippen LogP contribution in [0.1, 0.15) is 16.8 Å². The van der Waals surface area contributed by atoms with E-state index in [0.717, 1.165) is 11.9 Å². The second-order valence-corrected chi connectivity index (χ2v) is 5.39. The topological polar surface area (TPSA) is 64.6 Å². The molecule has 0 radical (unpaired) electrons. The maximum atomic E-state index is 13.0. The van der Waals surface area contributed by atoms with Gasteiger partial charge in [-0.1, -0.05) is 6.07 Å². The van der Waals surface area contributed by atoms with Crippen LogP contribution in [0.25, 0.3) is 11.0 Å². The Morgan fingerprint density at radius 1 is 1.32 bits per heavy atom. The Hall–Kier alpha value is -2.05. The predicted molar refractivity (Wildman–Crippen MR) is 81.7 cm³/mol. The summed E-state index contributed by atoms with van der Waals surface area (Å²) in [5, 5.41) is 0. The number of amides is 1. The molecule has 0 aliphatic carbocycles. The van der Waals surface area contributed by atoms with Gasteiger partial charge < -0.3 is 14.4 Å². The number of benzene rings is 1. The third-order valence-corrected chi connectivity index (χ3v) is 4.06. The van der Waals surface area contributed by atoms with Gasteiger partial charge in [0.25, 0.3) is 5.91 Å². The average molecular weight is 301 g/mol. The second kappa shape index (κ2) is 6.37. The highest BCUT2D eigenvalue weighted by Crippen LogP contribution is 2.24. The summed E-state index contributed by atoms with van der Waals surface area (Å²) in [7, 11) is 3.32. The van der Waals surface area contributed by atoms with Crippen LogP contribution >= 0.6 is 0 Å². The van der Waals surface area contributed by atoms with Crippen LogP contribution in [0.15, 0.2) is 30.6 Å². The van der Waals surface area contributed by atoms with Crippen LogP contribution in [0.4, 0.5) is 0 Å². The van der Waals surface area contributed by atoms with Gasteiger partial charge in [-0.05, 0) is 18.6 Å². The normalized spacial score (nSPS) is 21.5. The zero-order valence-electron chi connectivity index (χ0n) is 12.7. The van der Waals surface area contributed by atoms with Crippen LogP contribution in [0, 0.1) is 0 Å². The third kappa shape index (κ3) is 2.67. The molecule has 2 atom stereocenters. The Bertz CT molecular complexity index is 671. The van der Waals surface area contributed by atoms with Crippen LogP contribution < -0.4 is 0 Å². The molecule has 6 nitrogen and oxygen atoms in total. The molecule has 1 fully saturated rings. The van der Waals surface area contributed by atoms with E-state index in [1.54, 1.807) is 32.7 Å². The van der Waals surface area contributed by atoms with Crippen LogP contribution in [-0.2, 0) is 9.47 Å². The monoisotopic (exact) mass is 301 g/mol. The van der Waals surface area contributed by atoms with Gasteiger partial charge in [0.05, 0.1) is 29.8 Å². The number of nitrogens with zero attached hydrogens (tertiary/aromatic N) is 3. The summed E-state index contributed by atoms with van der Waals surface area (Å²) in [6.45, 7) is 1.07. The summed E-state index contributed by atoms with van der Waals surface area (Å²) >= 11 is 0. The molecule has 1 aliphatic heterocycles. The lowest BCUT2D eigenvalue weighted by Gasteiger charge is -2.24. The summed E-state index contributed by atoms with van der Waals surface area (Å²) in [5.41, 5.74) is 1.93. The van der Waals surface area contributed by atoms with Crippen molar-refractivity contribution in [3.63, 3.8) is 0 Å². The molecule has 1 aromatic carbocycles. The molecule has 22 heavy (non-hydrogen) atoms. The van der Waals surface area contributed by atoms with Gasteiger partial charge in [-0.3, -0.25) is 14.8 Å². The molecule has 1 amide bonds. The molecule has 1 aromatic heterocycles. The van der Waals surface area contributed by atoms with Crippen molar-refractivity contribution in [2.45, 2.75) is 18.6 Å². The number of aromatic nitrogens is 2. The van der Waals surface area contributed by atoms with Crippen molar-refractivity contribution >= 4 is 16.9 Å². The maximum absolute atomic E-state index is 13.0. The van der Waals surface area contributed by atoms with E-state index in [1.807, 2.05) is 17.0 Å². The molecule has 3 rings (SSSR count). The summed E-state index contributed by atoms with van der Waals surface area (Å²) in [6.07, 6.45) is 4.06. The van der Waals surface area contributed by atoms with E-state index >= 15 is 0 Å². The highest BCUT2D eigenvalue weighted by molar-refractivity contribution is 6.04. The average Bonchev–Trinajstić information content (AvgIpc) is 2.97. The van der Waals surface area contributed by atoms with Gasteiger partial charge in [0.1, 0.15) is 5.52 Å². The second-order valence-electron chi connectivity index (χ2n) is 5.39. The molecule has 0 N–H and O–H groups in total. The van der Waals surface area contributed by atoms with Gasteiger partial charge >= 0.3 is 0 Å². The van der Waals surface area contributed by atoms with E-state index < -0.39 is 0 Å². The van der Waals surface area contributed by atoms with Gasteiger partial charge in [-0.2, -0.15) is 0 Å². The maximum Gasteiger partial charge on any atom is 0.256 e. The molecule has 1 saturated heterocycles. The lowest BCUT2D eigenvalue weighted by atomic mass is 10.1. The van der Waals surface area contributed by atoms with Gasteiger partial charge in [0, 0.05) is 33.2 Å². The molecule has 0 bridgehead atoms. The summed E-state index contributed by atoms with van der Waals surface area (Å²) < 4.78 is 10.7. The number of hydrogen-bond acceptors (Lipinski definition) is 5. The van der Waals surface area contributed by atoms with Crippen molar-refractivity contribution in [3.8, 4) is 0 Å². The molecule has 2 heterocycles. The van der Waals surface area contributed by atoms with Crippen molar-refractivity contribution in [1.82, 2.24) is 14.9 Å². The minimum Gasteiger partial charge on any atom is -0.383 e. The Balaban J connectivity index is 1.94. The van der Waals surface area contributed by atoms with Crippen LogP contribution in [0.2, 0.25) is 0 Å². The molecule has 116 valence electrons. The zero-order valence-corrected chi connectivity index (χ0v) is 12.7. The summed E-state index contributed by atoms with van der Waals surface area (Å²) in [4.78, 5) is 23.3. The van der Waals surface area contributed by atoms with Crippen molar-refractivity contribution < 1.29 is 14.3 Å². The fourth-order valence-electron chi connectivity index (χ4n) is 2.96. The Morgan fingerprint density at radius 2 is 2.14 bits per heavy atom. The number of likely N-dealkylation sites (tertiary alicyclic amines) is 1. The standard InChI is InChI=1S/C16H19N3O3/c1-21-10-11-8-12(22-2)9-19(11)16(20)13-4-3-5-14-15(13)18-7-6-17-14/h3-7,11-12H,8-10H2,1-2H3/t11-,12-/m0/s1. The van der Waals surface area contributed by atoms with Gasteiger partial charge in [0.2, 0.25) is 0 Å². The van der Waals surface area contributed by atoms with E-state index in [0.29, 0.717) is 24.2 Å². The number of carbonyl (C=O) groups excluding carboxylic acids is 1. The largest absolute Gasteiger partial charge is 0.383 e. The number of hydrogen-bond donors (Lipinski definition) is 0. The summed E-state index contributed by atoms with van der Waals surface area (Å²) in [6, 6.07) is 5.51. The van der Waals surface area contributed by atoms with Gasteiger partial charge in [0.15, 0.2) is 0 Å². The number of rotatable bonds is 4. The predicted octanol–water partition coefficient (Wildman–Crippen LogP) is 1.51. The molecule has 0 unspecified atom stereocenters.